The highest BCUT2D eigenvalue weighted by Crippen LogP contribution is 2.25. The van der Waals surface area contributed by atoms with Crippen LogP contribution in [0.4, 0.5) is 5.69 Å². The van der Waals surface area contributed by atoms with Crippen LogP contribution in [0.25, 0.3) is 5.65 Å². The monoisotopic (exact) mass is 419 g/mol. The van der Waals surface area contributed by atoms with Gasteiger partial charge in [-0.15, -0.1) is 0 Å². The topological polar surface area (TPSA) is 96.7 Å². The number of nitrogens with one attached hydrogen (secondary N) is 1. The molecule has 31 heavy (non-hydrogen) atoms. The Morgan fingerprint density at radius 3 is 2.39 bits per heavy atom. The summed E-state index contributed by atoms with van der Waals surface area (Å²) in [4.78, 5) is 43.4. The van der Waals surface area contributed by atoms with Gasteiger partial charge in [0, 0.05) is 48.6 Å². The summed E-state index contributed by atoms with van der Waals surface area (Å²) in [5, 5.41) is 7.01. The largest absolute Gasteiger partial charge is 0.339 e. The smallest absolute Gasteiger partial charge is 0.253 e. The lowest BCUT2D eigenvalue weighted by Gasteiger charge is -2.31. The number of hydrogen-bond acceptors (Lipinski definition) is 5. The average Bonchev–Trinajstić information content (AvgIpc) is 3.17. The number of hydrogen-bond donors (Lipinski definition) is 1. The van der Waals surface area contributed by atoms with Gasteiger partial charge >= 0.3 is 0 Å². The number of carbonyl (C=O) groups is 3. The number of likely N-dealkylation sites (tertiary alicyclic amines) is 1. The van der Waals surface area contributed by atoms with Gasteiger partial charge in [0.2, 0.25) is 5.91 Å². The molecule has 1 N–H and O–H groups in total. The number of amides is 2. The van der Waals surface area contributed by atoms with E-state index in [9.17, 15) is 14.4 Å². The summed E-state index contributed by atoms with van der Waals surface area (Å²) in [5.74, 6) is -0.331. The number of piperidine rings is 1. The van der Waals surface area contributed by atoms with E-state index in [1.165, 1.54) is 6.92 Å². The van der Waals surface area contributed by atoms with Gasteiger partial charge < -0.3 is 10.2 Å². The summed E-state index contributed by atoms with van der Waals surface area (Å²) >= 11 is 0. The second-order valence-corrected chi connectivity index (χ2v) is 8.02. The molecule has 160 valence electrons. The van der Waals surface area contributed by atoms with E-state index in [1.807, 2.05) is 19.9 Å². The summed E-state index contributed by atoms with van der Waals surface area (Å²) in [6.07, 6.45) is 2.82. The molecule has 0 bridgehead atoms. The molecule has 3 heterocycles. The van der Waals surface area contributed by atoms with Crippen LogP contribution in [0.1, 0.15) is 51.9 Å². The summed E-state index contributed by atoms with van der Waals surface area (Å²) < 4.78 is 1.70. The maximum atomic E-state index is 13.1. The summed E-state index contributed by atoms with van der Waals surface area (Å²) in [6, 6.07) is 8.78. The van der Waals surface area contributed by atoms with E-state index < -0.39 is 0 Å². The van der Waals surface area contributed by atoms with Gasteiger partial charge in [0.05, 0.1) is 11.8 Å². The quantitative estimate of drug-likeness (QED) is 0.656. The van der Waals surface area contributed by atoms with E-state index in [0.717, 1.165) is 11.4 Å². The van der Waals surface area contributed by atoms with E-state index >= 15 is 0 Å². The van der Waals surface area contributed by atoms with Gasteiger partial charge in [-0.05, 0) is 57.0 Å². The Bertz CT molecular complexity index is 1160. The zero-order chi connectivity index (χ0) is 22.1. The average molecular weight is 419 g/mol. The number of Topliss-reactive ketones (excluding diaryl/α,β-unsaturated/α-hetero) is 1. The predicted octanol–water partition coefficient (Wildman–Crippen LogP) is 3.04. The van der Waals surface area contributed by atoms with Crippen LogP contribution < -0.4 is 5.32 Å². The Morgan fingerprint density at radius 1 is 1.06 bits per heavy atom. The fourth-order valence-electron chi connectivity index (χ4n) is 4.09. The van der Waals surface area contributed by atoms with Crippen molar-refractivity contribution in [2.75, 3.05) is 18.4 Å². The van der Waals surface area contributed by atoms with Crippen molar-refractivity contribution in [3.8, 4) is 0 Å². The van der Waals surface area contributed by atoms with E-state index in [1.54, 1.807) is 39.9 Å². The van der Waals surface area contributed by atoms with E-state index in [4.69, 9.17) is 0 Å². The number of rotatable bonds is 4. The highest BCUT2D eigenvalue weighted by molar-refractivity contribution is 6.03. The molecule has 2 aromatic heterocycles. The molecule has 1 aliphatic heterocycles. The molecule has 0 radical (unpaired) electrons. The first-order valence-electron chi connectivity index (χ1n) is 10.4. The highest BCUT2D eigenvalue weighted by atomic mass is 16.2. The SMILES string of the molecule is CC(=O)Nc1ccc(C(=O)N2CCC(C(=O)c3cnn4c(C)cc(C)nc34)CC2)cc1. The Kier molecular flexibility index (Phi) is 5.54. The number of carbonyl (C=O) groups excluding carboxylic acids is 3. The second kappa shape index (κ2) is 8.29. The number of nitrogens with zero attached hydrogens (tertiary/aromatic N) is 4. The lowest BCUT2D eigenvalue weighted by atomic mass is 9.89. The van der Waals surface area contributed by atoms with Crippen LogP contribution in [0, 0.1) is 19.8 Å². The van der Waals surface area contributed by atoms with Crippen molar-refractivity contribution in [1.29, 1.82) is 0 Å². The van der Waals surface area contributed by atoms with Crippen LogP contribution >= 0.6 is 0 Å². The number of aryl methyl sites for hydroxylation is 2. The van der Waals surface area contributed by atoms with E-state index in [0.29, 0.717) is 48.4 Å². The molecular weight excluding hydrogens is 394 g/mol. The minimum Gasteiger partial charge on any atom is -0.339 e. The third kappa shape index (κ3) is 4.19. The van der Waals surface area contributed by atoms with Crippen molar-refractivity contribution in [3.05, 3.63) is 59.0 Å². The Morgan fingerprint density at radius 2 is 1.74 bits per heavy atom. The molecule has 4 rings (SSSR count). The number of aromatic nitrogens is 3. The molecule has 0 atom stereocenters. The van der Waals surface area contributed by atoms with Gasteiger partial charge in [-0.3, -0.25) is 14.4 Å². The van der Waals surface area contributed by atoms with Gasteiger partial charge in [0.1, 0.15) is 0 Å². The maximum absolute atomic E-state index is 13.1. The van der Waals surface area contributed by atoms with Crippen molar-refractivity contribution in [1.82, 2.24) is 19.5 Å². The van der Waals surface area contributed by atoms with Crippen LogP contribution in [0.2, 0.25) is 0 Å². The molecule has 2 amide bonds. The molecule has 0 saturated carbocycles. The van der Waals surface area contributed by atoms with Crippen LogP contribution in [0.5, 0.6) is 0 Å². The molecule has 0 unspecified atom stereocenters. The molecule has 0 spiro atoms. The van der Waals surface area contributed by atoms with Crippen molar-refractivity contribution in [3.63, 3.8) is 0 Å². The number of ketones is 1. The lowest BCUT2D eigenvalue weighted by Crippen LogP contribution is -2.40. The Labute approximate surface area is 180 Å². The summed E-state index contributed by atoms with van der Waals surface area (Å²) in [5.41, 5.74) is 4.15. The number of fused-ring (bicyclic) bond motifs is 1. The van der Waals surface area contributed by atoms with Gasteiger partial charge in [0.15, 0.2) is 11.4 Å². The fraction of sp³-hybridized carbons (Fsp3) is 0.348. The van der Waals surface area contributed by atoms with Crippen LogP contribution in [0.15, 0.2) is 36.5 Å². The van der Waals surface area contributed by atoms with Crippen molar-refractivity contribution in [2.45, 2.75) is 33.6 Å². The molecule has 1 fully saturated rings. The first kappa shape index (κ1) is 20.7. The first-order valence-corrected chi connectivity index (χ1v) is 10.4. The summed E-state index contributed by atoms with van der Waals surface area (Å²) in [6.45, 7) is 6.33. The molecule has 0 aliphatic carbocycles. The van der Waals surface area contributed by atoms with E-state index in [-0.39, 0.29) is 23.5 Å². The van der Waals surface area contributed by atoms with E-state index in [2.05, 4.69) is 15.4 Å². The number of benzene rings is 1. The molecule has 1 aliphatic rings. The molecule has 8 nitrogen and oxygen atoms in total. The predicted molar refractivity (Wildman–Crippen MR) is 116 cm³/mol. The minimum atomic E-state index is -0.155. The molecule has 1 aromatic carbocycles. The highest BCUT2D eigenvalue weighted by Gasteiger charge is 2.30. The van der Waals surface area contributed by atoms with Crippen LogP contribution in [0.3, 0.4) is 0 Å². The van der Waals surface area contributed by atoms with Gasteiger partial charge in [-0.2, -0.15) is 5.10 Å². The van der Waals surface area contributed by atoms with Gasteiger partial charge in [-0.25, -0.2) is 9.50 Å². The fourth-order valence-corrected chi connectivity index (χ4v) is 4.09. The lowest BCUT2D eigenvalue weighted by molar-refractivity contribution is -0.114. The van der Waals surface area contributed by atoms with Crippen LogP contribution in [-0.2, 0) is 4.79 Å². The third-order valence-electron chi connectivity index (χ3n) is 5.65. The zero-order valence-corrected chi connectivity index (χ0v) is 17.9. The normalized spacial score (nSPS) is 14.6. The molecular formula is C23H25N5O3. The standard InChI is InChI=1S/C23H25N5O3/c1-14-12-15(2)28-22(25-14)20(13-24-28)21(30)17-8-10-27(11-9-17)23(31)18-4-6-19(7-5-18)26-16(3)29/h4-7,12-13,17H,8-11H2,1-3H3,(H,26,29). The van der Waals surface area contributed by atoms with Crippen molar-refractivity contribution >= 4 is 28.9 Å². The maximum Gasteiger partial charge on any atom is 0.253 e. The van der Waals surface area contributed by atoms with Crippen LogP contribution in [-0.4, -0.2) is 50.2 Å². The van der Waals surface area contributed by atoms with Crippen molar-refractivity contribution < 1.29 is 14.4 Å². The zero-order valence-electron chi connectivity index (χ0n) is 17.9. The molecule has 3 aromatic rings. The molecule has 8 heteroatoms. The molecule has 1 saturated heterocycles. The number of anilines is 1. The van der Waals surface area contributed by atoms with Crippen molar-refractivity contribution in [2.24, 2.45) is 5.92 Å². The van der Waals surface area contributed by atoms with Gasteiger partial charge in [0.25, 0.3) is 5.91 Å². The summed E-state index contributed by atoms with van der Waals surface area (Å²) in [7, 11) is 0. The minimum absolute atomic E-state index is 0.0410. The Hall–Kier alpha value is -3.55. The Balaban J connectivity index is 1.42. The first-order chi connectivity index (χ1) is 14.8. The third-order valence-corrected chi connectivity index (χ3v) is 5.65. The van der Waals surface area contributed by atoms with Gasteiger partial charge in [-0.1, -0.05) is 0 Å². The second-order valence-electron chi connectivity index (χ2n) is 8.02.